The Morgan fingerprint density at radius 1 is 1.29 bits per heavy atom. The molecule has 0 fully saturated rings. The van der Waals surface area contributed by atoms with Gasteiger partial charge in [-0.3, -0.25) is 0 Å². The monoisotopic (exact) mass is 182 g/mol. The van der Waals surface area contributed by atoms with E-state index >= 15 is 0 Å². The van der Waals surface area contributed by atoms with Crippen molar-refractivity contribution in [1.82, 2.24) is 0 Å². The predicted octanol–water partition coefficient (Wildman–Crippen LogP) is 2.84. The summed E-state index contributed by atoms with van der Waals surface area (Å²) in [7, 11) is 6.09. The minimum absolute atomic E-state index is 1.25. The number of hydrogen-bond donors (Lipinski definition) is 0. The fourth-order valence-electron chi connectivity index (χ4n) is 0.250. The van der Waals surface area contributed by atoms with E-state index in [1.165, 1.54) is 10.5 Å². The van der Waals surface area contributed by atoms with Gasteiger partial charge in [0.05, 0.1) is 0 Å². The van der Waals surface area contributed by atoms with Crippen LogP contribution in [0.2, 0.25) is 16.3 Å². The van der Waals surface area contributed by atoms with Gasteiger partial charge >= 0.3 is 52.5 Å². The van der Waals surface area contributed by atoms with Gasteiger partial charge in [0, 0.05) is 0 Å². The molecule has 2 heteroatoms. The molecular formula is C5H13ClGe. The average molecular weight is 181 g/mol. The molecule has 0 rings (SSSR count). The van der Waals surface area contributed by atoms with E-state index in [2.05, 4.69) is 19.6 Å². The molecule has 0 aromatic carbocycles. The number of halogens is 1. The van der Waals surface area contributed by atoms with Crippen LogP contribution < -0.4 is 0 Å². The molecule has 0 atom stereocenters. The second-order valence-electron chi connectivity index (χ2n) is 2.12. The zero-order valence-electron chi connectivity index (χ0n) is 5.29. The summed E-state index contributed by atoms with van der Waals surface area (Å²) in [6, 6.07) is 0. The van der Waals surface area contributed by atoms with E-state index in [0.717, 1.165) is 0 Å². The molecule has 7 heavy (non-hydrogen) atoms. The van der Waals surface area contributed by atoms with Crippen molar-refractivity contribution in [3.8, 4) is 0 Å². The summed E-state index contributed by atoms with van der Waals surface area (Å²) in [5.74, 6) is 2.25. The van der Waals surface area contributed by atoms with E-state index in [-0.39, 0.29) is 0 Å². The first-order valence-electron chi connectivity index (χ1n) is 2.81. The van der Waals surface area contributed by atoms with Crippen molar-refractivity contribution in [2.45, 2.75) is 30.1 Å². The van der Waals surface area contributed by atoms with Crippen LogP contribution in [0.15, 0.2) is 0 Å². The molecule has 0 aliphatic heterocycles. The van der Waals surface area contributed by atoms with E-state index in [4.69, 9.17) is 10.0 Å². The third-order valence-corrected chi connectivity index (χ3v) is 10.4. The molecule has 0 aliphatic rings. The third kappa shape index (κ3) is 3.42. The van der Waals surface area contributed by atoms with E-state index in [1.54, 1.807) is 0 Å². The molecule has 44 valence electrons. The summed E-state index contributed by atoms with van der Waals surface area (Å²) in [5.41, 5.74) is 0. The SMILES string of the molecule is C[CH2][Ge]([CH3])([Cl])[CH2]C. The molecule has 0 saturated carbocycles. The predicted molar refractivity (Wildman–Crippen MR) is 38.4 cm³/mol. The van der Waals surface area contributed by atoms with Crippen molar-refractivity contribution in [2.24, 2.45) is 0 Å². The maximum atomic E-state index is 6.09. The molecule has 0 unspecified atom stereocenters. The van der Waals surface area contributed by atoms with E-state index < -0.39 is 12.3 Å². The van der Waals surface area contributed by atoms with Crippen LogP contribution in [0.5, 0.6) is 0 Å². The average Bonchev–Trinajstić information content (AvgIpc) is 1.68. The first-order valence-corrected chi connectivity index (χ1v) is 10.6. The van der Waals surface area contributed by atoms with Gasteiger partial charge in [0.2, 0.25) is 0 Å². The molecular weight excluding hydrogens is 168 g/mol. The number of hydrogen-bond acceptors (Lipinski definition) is 0. The first kappa shape index (κ1) is 7.83. The van der Waals surface area contributed by atoms with Crippen molar-refractivity contribution in [2.75, 3.05) is 0 Å². The van der Waals surface area contributed by atoms with Crippen molar-refractivity contribution < 1.29 is 0 Å². The summed E-state index contributed by atoms with van der Waals surface area (Å²) in [4.78, 5) is 0. The van der Waals surface area contributed by atoms with E-state index in [0.29, 0.717) is 0 Å². The van der Waals surface area contributed by atoms with Crippen LogP contribution in [0.25, 0.3) is 0 Å². The fraction of sp³-hybridized carbons (Fsp3) is 1.00. The standard InChI is InChI=1S/C5H13ClGe/c1-4-7(3,6)5-2/h4-5H2,1-3H3. The van der Waals surface area contributed by atoms with Crippen LogP contribution >= 0.6 is 10.0 Å². The molecule has 0 bridgehead atoms. The Balaban J connectivity index is 3.36. The summed E-state index contributed by atoms with van der Waals surface area (Å²) in [5, 5.41) is 2.50. The zero-order chi connectivity index (χ0) is 5.91. The molecule has 0 heterocycles. The van der Waals surface area contributed by atoms with Crippen LogP contribution in [0.3, 0.4) is 0 Å². The van der Waals surface area contributed by atoms with Crippen molar-refractivity contribution in [3.05, 3.63) is 0 Å². The van der Waals surface area contributed by atoms with Crippen molar-refractivity contribution in [3.63, 3.8) is 0 Å². The summed E-state index contributed by atoms with van der Waals surface area (Å²) >= 11 is -1.61. The van der Waals surface area contributed by atoms with Gasteiger partial charge in [0.1, 0.15) is 0 Å². The quantitative estimate of drug-likeness (QED) is 0.575. The molecule has 0 aliphatic carbocycles. The molecule has 0 amide bonds. The molecule has 0 nitrogen and oxygen atoms in total. The second kappa shape index (κ2) is 2.98. The Labute approximate surface area is 52.8 Å². The van der Waals surface area contributed by atoms with Crippen molar-refractivity contribution in [1.29, 1.82) is 0 Å². The molecule has 0 radical (unpaired) electrons. The summed E-state index contributed by atoms with van der Waals surface area (Å²) < 4.78 is 0. The Morgan fingerprint density at radius 3 is 1.57 bits per heavy atom. The van der Waals surface area contributed by atoms with Gasteiger partial charge < -0.3 is 0 Å². The normalized spacial score (nSPS) is 12.0. The fourth-order valence-corrected chi connectivity index (χ4v) is 1.30. The topological polar surface area (TPSA) is 0 Å². The van der Waals surface area contributed by atoms with Gasteiger partial charge in [-0.2, -0.15) is 0 Å². The third-order valence-electron chi connectivity index (χ3n) is 1.47. The Kier molecular flexibility index (Phi) is 3.33. The Hall–Kier alpha value is 0.833. The second-order valence-corrected chi connectivity index (χ2v) is 15.8. The van der Waals surface area contributed by atoms with Gasteiger partial charge in [-0.25, -0.2) is 0 Å². The first-order chi connectivity index (χ1) is 3.12. The molecule has 0 saturated heterocycles. The van der Waals surface area contributed by atoms with Crippen LogP contribution in [0.4, 0.5) is 0 Å². The molecule has 0 spiro atoms. The van der Waals surface area contributed by atoms with Gasteiger partial charge in [-0.15, -0.1) is 0 Å². The molecule has 0 aromatic heterocycles. The summed E-state index contributed by atoms with van der Waals surface area (Å²) in [6.07, 6.45) is 0. The summed E-state index contributed by atoms with van der Waals surface area (Å²) in [6.45, 7) is 4.38. The Morgan fingerprint density at radius 2 is 1.57 bits per heavy atom. The Bertz CT molecular complexity index is 46.0. The van der Waals surface area contributed by atoms with Crippen LogP contribution in [0.1, 0.15) is 13.8 Å². The van der Waals surface area contributed by atoms with E-state index in [1.807, 2.05) is 0 Å². The van der Waals surface area contributed by atoms with Gasteiger partial charge in [-0.1, -0.05) is 0 Å². The zero-order valence-corrected chi connectivity index (χ0v) is 8.15. The number of rotatable bonds is 2. The van der Waals surface area contributed by atoms with Gasteiger partial charge in [0.15, 0.2) is 0 Å². The van der Waals surface area contributed by atoms with E-state index in [9.17, 15) is 0 Å². The van der Waals surface area contributed by atoms with Crippen LogP contribution in [-0.2, 0) is 0 Å². The van der Waals surface area contributed by atoms with Crippen LogP contribution in [0, 0.1) is 0 Å². The molecule has 0 aromatic rings. The van der Waals surface area contributed by atoms with Crippen LogP contribution in [-0.4, -0.2) is 12.3 Å². The maximum absolute atomic E-state index is 6.09. The van der Waals surface area contributed by atoms with Gasteiger partial charge in [-0.05, 0) is 0 Å². The van der Waals surface area contributed by atoms with Crippen molar-refractivity contribution >= 4 is 22.3 Å². The van der Waals surface area contributed by atoms with Gasteiger partial charge in [0.25, 0.3) is 0 Å². The molecule has 0 N–H and O–H groups in total. The minimum atomic E-state index is -1.61.